The molecular weight excluding hydrogens is 332 g/mol. The van der Waals surface area contributed by atoms with E-state index in [9.17, 15) is 14.4 Å². The lowest BCUT2D eigenvalue weighted by molar-refractivity contribution is -0.146. The van der Waals surface area contributed by atoms with Crippen LogP contribution in [-0.2, 0) is 19.1 Å². The number of carbonyl (C=O) groups excluding carboxylic acids is 3. The molecule has 130 valence electrons. The highest BCUT2D eigenvalue weighted by Crippen LogP contribution is 2.27. The molecule has 2 rings (SSSR count). The van der Waals surface area contributed by atoms with Crippen molar-refractivity contribution in [3.63, 3.8) is 0 Å². The molecule has 7 heteroatoms. The van der Waals surface area contributed by atoms with Gasteiger partial charge in [0, 0.05) is 23.7 Å². The highest BCUT2D eigenvalue weighted by Gasteiger charge is 2.37. The van der Waals surface area contributed by atoms with Crippen LogP contribution in [0.2, 0.25) is 5.02 Å². The molecule has 0 aliphatic carbocycles. The van der Waals surface area contributed by atoms with E-state index >= 15 is 0 Å². The van der Waals surface area contributed by atoms with Crippen molar-refractivity contribution in [2.75, 3.05) is 18.6 Å². The fraction of sp³-hybridized carbons (Fsp3) is 0.471. The monoisotopic (exact) mass is 352 g/mol. The SMILES string of the molecule is COC(=O)[C@H](NC(=O)[C@@H]1CC(=O)N(c2cccc(Cl)c2)C1)C(C)C. The Kier molecular flexibility index (Phi) is 5.83. The number of hydrogen-bond acceptors (Lipinski definition) is 4. The van der Waals surface area contributed by atoms with E-state index in [-0.39, 0.29) is 30.7 Å². The Morgan fingerprint density at radius 2 is 2.08 bits per heavy atom. The van der Waals surface area contributed by atoms with E-state index in [1.807, 2.05) is 13.8 Å². The molecule has 1 N–H and O–H groups in total. The molecule has 6 nitrogen and oxygen atoms in total. The smallest absolute Gasteiger partial charge is 0.328 e. The maximum Gasteiger partial charge on any atom is 0.328 e. The predicted molar refractivity (Wildman–Crippen MR) is 90.7 cm³/mol. The van der Waals surface area contributed by atoms with Gasteiger partial charge in [0.1, 0.15) is 6.04 Å². The van der Waals surface area contributed by atoms with Crippen LogP contribution in [0.3, 0.4) is 0 Å². The summed E-state index contributed by atoms with van der Waals surface area (Å²) in [5.74, 6) is -1.58. The molecule has 1 aromatic carbocycles. The Morgan fingerprint density at radius 1 is 1.38 bits per heavy atom. The second-order valence-corrected chi connectivity index (χ2v) is 6.58. The van der Waals surface area contributed by atoms with E-state index in [2.05, 4.69) is 5.32 Å². The lowest BCUT2D eigenvalue weighted by atomic mass is 10.0. The van der Waals surface area contributed by atoms with E-state index in [4.69, 9.17) is 16.3 Å². The first-order valence-corrected chi connectivity index (χ1v) is 8.15. The normalized spacial score (nSPS) is 18.6. The minimum atomic E-state index is -0.724. The molecule has 2 atom stereocenters. The van der Waals surface area contributed by atoms with Gasteiger partial charge in [0.05, 0.1) is 13.0 Å². The van der Waals surface area contributed by atoms with Crippen LogP contribution in [0.5, 0.6) is 0 Å². The zero-order valence-electron chi connectivity index (χ0n) is 13.9. The van der Waals surface area contributed by atoms with Gasteiger partial charge in [-0.15, -0.1) is 0 Å². The molecule has 1 aliphatic rings. The minimum Gasteiger partial charge on any atom is -0.467 e. The maximum atomic E-state index is 12.4. The number of ether oxygens (including phenoxy) is 1. The Balaban J connectivity index is 2.07. The van der Waals surface area contributed by atoms with Crippen molar-refractivity contribution in [3.05, 3.63) is 29.3 Å². The number of benzene rings is 1. The lowest BCUT2D eigenvalue weighted by Crippen LogP contribution is -2.47. The van der Waals surface area contributed by atoms with Crippen molar-refractivity contribution in [3.8, 4) is 0 Å². The molecule has 1 fully saturated rings. The van der Waals surface area contributed by atoms with Crippen LogP contribution in [0.1, 0.15) is 20.3 Å². The van der Waals surface area contributed by atoms with Crippen LogP contribution in [0.4, 0.5) is 5.69 Å². The summed E-state index contributed by atoms with van der Waals surface area (Å²) < 4.78 is 4.72. The van der Waals surface area contributed by atoms with Crippen molar-refractivity contribution < 1.29 is 19.1 Å². The molecule has 24 heavy (non-hydrogen) atoms. The average Bonchev–Trinajstić information content (AvgIpc) is 2.93. The summed E-state index contributed by atoms with van der Waals surface area (Å²) >= 11 is 5.96. The molecule has 1 aliphatic heterocycles. The lowest BCUT2D eigenvalue weighted by Gasteiger charge is -2.22. The van der Waals surface area contributed by atoms with Gasteiger partial charge in [-0.2, -0.15) is 0 Å². The van der Waals surface area contributed by atoms with Crippen molar-refractivity contribution in [2.24, 2.45) is 11.8 Å². The maximum absolute atomic E-state index is 12.4. The Hall–Kier alpha value is -2.08. The van der Waals surface area contributed by atoms with Crippen LogP contribution >= 0.6 is 11.6 Å². The first kappa shape index (κ1) is 18.3. The molecule has 1 saturated heterocycles. The molecule has 0 unspecified atom stereocenters. The highest BCUT2D eigenvalue weighted by molar-refractivity contribution is 6.31. The number of halogens is 1. The number of anilines is 1. The third-order valence-corrected chi connectivity index (χ3v) is 4.27. The van der Waals surface area contributed by atoms with Gasteiger partial charge in [-0.25, -0.2) is 4.79 Å². The van der Waals surface area contributed by atoms with E-state index in [0.717, 1.165) is 0 Å². The number of carbonyl (C=O) groups is 3. The van der Waals surface area contributed by atoms with Gasteiger partial charge in [-0.3, -0.25) is 9.59 Å². The van der Waals surface area contributed by atoms with Crippen molar-refractivity contribution in [1.29, 1.82) is 0 Å². The summed E-state index contributed by atoms with van der Waals surface area (Å²) in [6, 6.07) is 6.21. The largest absolute Gasteiger partial charge is 0.467 e. The molecule has 0 aromatic heterocycles. The van der Waals surface area contributed by atoms with Gasteiger partial charge in [-0.05, 0) is 24.1 Å². The number of methoxy groups -OCH3 is 1. The third-order valence-electron chi connectivity index (χ3n) is 4.04. The van der Waals surface area contributed by atoms with Gasteiger partial charge < -0.3 is 15.0 Å². The summed E-state index contributed by atoms with van der Waals surface area (Å²) in [6.45, 7) is 3.90. The van der Waals surface area contributed by atoms with E-state index in [1.165, 1.54) is 7.11 Å². The standard InChI is InChI=1S/C17H21ClN2O4/c1-10(2)15(17(23)24-3)19-16(22)11-7-14(21)20(9-11)13-6-4-5-12(18)8-13/h4-6,8,10-11,15H,7,9H2,1-3H3,(H,19,22)/t11-,15-/m1/s1. The molecule has 0 saturated carbocycles. The molecule has 0 bridgehead atoms. The summed E-state index contributed by atoms with van der Waals surface area (Å²) in [4.78, 5) is 38.0. The fourth-order valence-corrected chi connectivity index (χ4v) is 2.86. The Bertz CT molecular complexity index is 647. The third kappa shape index (κ3) is 4.06. The number of hydrogen-bond donors (Lipinski definition) is 1. The Morgan fingerprint density at radius 3 is 2.67 bits per heavy atom. The number of nitrogens with zero attached hydrogens (tertiary/aromatic N) is 1. The summed E-state index contributed by atoms with van der Waals surface area (Å²) in [5, 5.41) is 3.22. The quantitative estimate of drug-likeness (QED) is 0.822. The van der Waals surface area contributed by atoms with Crippen LogP contribution in [0.25, 0.3) is 0 Å². The molecule has 1 aromatic rings. The second-order valence-electron chi connectivity index (χ2n) is 6.14. The number of rotatable bonds is 5. The summed E-state index contributed by atoms with van der Waals surface area (Å²) in [6.07, 6.45) is 0.102. The highest BCUT2D eigenvalue weighted by atomic mass is 35.5. The van der Waals surface area contributed by atoms with Gasteiger partial charge in [0.25, 0.3) is 0 Å². The van der Waals surface area contributed by atoms with Crippen LogP contribution in [-0.4, -0.2) is 37.5 Å². The van der Waals surface area contributed by atoms with Gasteiger partial charge >= 0.3 is 5.97 Å². The average molecular weight is 353 g/mol. The van der Waals surface area contributed by atoms with Gasteiger partial charge in [-0.1, -0.05) is 31.5 Å². The Labute approximate surface area is 146 Å². The first-order chi connectivity index (χ1) is 11.3. The van der Waals surface area contributed by atoms with Crippen molar-refractivity contribution in [2.45, 2.75) is 26.3 Å². The number of nitrogens with one attached hydrogen (secondary N) is 1. The van der Waals surface area contributed by atoms with Crippen LogP contribution in [0.15, 0.2) is 24.3 Å². The zero-order valence-corrected chi connectivity index (χ0v) is 14.7. The first-order valence-electron chi connectivity index (χ1n) is 7.77. The topological polar surface area (TPSA) is 75.7 Å². The predicted octanol–water partition coefficient (Wildman–Crippen LogP) is 2.01. The zero-order chi connectivity index (χ0) is 17.9. The van der Waals surface area contributed by atoms with E-state index in [1.54, 1.807) is 29.2 Å². The van der Waals surface area contributed by atoms with Crippen LogP contribution in [0, 0.1) is 11.8 Å². The van der Waals surface area contributed by atoms with Crippen molar-refractivity contribution >= 4 is 35.1 Å². The van der Waals surface area contributed by atoms with Gasteiger partial charge in [0.15, 0.2) is 0 Å². The van der Waals surface area contributed by atoms with Crippen LogP contribution < -0.4 is 10.2 Å². The summed E-state index contributed by atoms with van der Waals surface area (Å²) in [5.41, 5.74) is 0.663. The number of esters is 1. The van der Waals surface area contributed by atoms with E-state index in [0.29, 0.717) is 10.7 Å². The van der Waals surface area contributed by atoms with E-state index < -0.39 is 17.9 Å². The molecular formula is C17H21ClN2O4. The summed E-state index contributed by atoms with van der Waals surface area (Å²) in [7, 11) is 1.28. The second kappa shape index (κ2) is 7.66. The molecule has 0 spiro atoms. The molecule has 0 radical (unpaired) electrons. The fourth-order valence-electron chi connectivity index (χ4n) is 2.67. The molecule has 2 amide bonds. The number of amides is 2. The van der Waals surface area contributed by atoms with Crippen molar-refractivity contribution in [1.82, 2.24) is 5.32 Å². The molecule has 1 heterocycles. The minimum absolute atomic E-state index is 0.102. The van der Waals surface area contributed by atoms with Gasteiger partial charge in [0.2, 0.25) is 11.8 Å².